The Morgan fingerprint density at radius 2 is 1.55 bits per heavy atom. The molecule has 2 heteroatoms. The van der Waals surface area contributed by atoms with E-state index in [2.05, 4.69) is 43.4 Å². The summed E-state index contributed by atoms with van der Waals surface area (Å²) in [5, 5.41) is 12.8. The highest BCUT2D eigenvalue weighted by Gasteiger charge is 2.04. The molecule has 0 amide bonds. The molecule has 2 N–H and O–H groups in total. The third kappa shape index (κ3) is 4.10. The second-order valence-corrected chi connectivity index (χ2v) is 5.19. The minimum atomic E-state index is 0.325. The fraction of sp³-hybridized carbons (Fsp3) is 0.333. The van der Waals surface area contributed by atoms with E-state index < -0.39 is 0 Å². The first kappa shape index (κ1) is 14.6. The van der Waals surface area contributed by atoms with Gasteiger partial charge in [0, 0.05) is 6.04 Å². The largest absolute Gasteiger partial charge is 0.508 e. The lowest BCUT2D eigenvalue weighted by molar-refractivity contribution is 0.475. The van der Waals surface area contributed by atoms with Crippen LogP contribution in [0.3, 0.4) is 0 Å². The lowest BCUT2D eigenvalue weighted by Gasteiger charge is -2.14. The smallest absolute Gasteiger partial charge is 0.115 e. The third-order valence-corrected chi connectivity index (χ3v) is 3.69. The van der Waals surface area contributed by atoms with Crippen molar-refractivity contribution in [2.24, 2.45) is 0 Å². The van der Waals surface area contributed by atoms with E-state index in [1.807, 2.05) is 12.1 Å². The molecule has 1 atom stereocenters. The molecule has 2 nitrogen and oxygen atoms in total. The molecule has 0 fully saturated rings. The maximum absolute atomic E-state index is 9.25. The maximum atomic E-state index is 9.25. The molecule has 20 heavy (non-hydrogen) atoms. The first-order chi connectivity index (χ1) is 9.69. The van der Waals surface area contributed by atoms with E-state index in [1.165, 1.54) is 16.7 Å². The highest BCUT2D eigenvalue weighted by atomic mass is 16.3. The predicted octanol–water partition coefficient (Wildman–Crippen LogP) is 3.85. The van der Waals surface area contributed by atoms with Crippen LogP contribution in [0.25, 0.3) is 0 Å². The summed E-state index contributed by atoms with van der Waals surface area (Å²) in [6.45, 7) is 5.30. The average molecular weight is 269 g/mol. The SMILES string of the molecule is CCc1ccc(C(C)NCCc2ccc(O)cc2)cc1. The van der Waals surface area contributed by atoms with Crippen molar-refractivity contribution in [2.45, 2.75) is 32.7 Å². The minimum Gasteiger partial charge on any atom is -0.508 e. The van der Waals surface area contributed by atoms with Gasteiger partial charge >= 0.3 is 0 Å². The van der Waals surface area contributed by atoms with Gasteiger partial charge in [-0.2, -0.15) is 0 Å². The normalized spacial score (nSPS) is 12.3. The van der Waals surface area contributed by atoms with E-state index in [0.717, 1.165) is 19.4 Å². The topological polar surface area (TPSA) is 32.3 Å². The van der Waals surface area contributed by atoms with Gasteiger partial charge in [0.15, 0.2) is 0 Å². The molecule has 0 saturated heterocycles. The molecule has 0 saturated carbocycles. The van der Waals surface area contributed by atoms with Gasteiger partial charge in [-0.1, -0.05) is 43.3 Å². The number of hydrogen-bond acceptors (Lipinski definition) is 2. The molecule has 2 aromatic carbocycles. The summed E-state index contributed by atoms with van der Waals surface area (Å²) < 4.78 is 0. The van der Waals surface area contributed by atoms with Crippen LogP contribution in [0, 0.1) is 0 Å². The summed E-state index contributed by atoms with van der Waals surface area (Å²) in [5.74, 6) is 0.325. The number of aromatic hydroxyl groups is 1. The molecule has 106 valence electrons. The van der Waals surface area contributed by atoms with Gasteiger partial charge in [-0.15, -0.1) is 0 Å². The minimum absolute atomic E-state index is 0.325. The van der Waals surface area contributed by atoms with Crippen molar-refractivity contribution in [3.8, 4) is 5.75 Å². The van der Waals surface area contributed by atoms with Gasteiger partial charge in [0.1, 0.15) is 5.75 Å². The highest BCUT2D eigenvalue weighted by Crippen LogP contribution is 2.14. The predicted molar refractivity (Wildman–Crippen MR) is 84.0 cm³/mol. The Balaban J connectivity index is 1.82. The third-order valence-electron chi connectivity index (χ3n) is 3.69. The Morgan fingerprint density at radius 3 is 2.15 bits per heavy atom. The maximum Gasteiger partial charge on any atom is 0.115 e. The van der Waals surface area contributed by atoms with E-state index in [9.17, 15) is 5.11 Å². The lowest BCUT2D eigenvalue weighted by Crippen LogP contribution is -2.21. The Morgan fingerprint density at radius 1 is 0.950 bits per heavy atom. The first-order valence-electron chi connectivity index (χ1n) is 7.29. The van der Waals surface area contributed by atoms with E-state index in [0.29, 0.717) is 11.8 Å². The van der Waals surface area contributed by atoms with Crippen molar-refractivity contribution >= 4 is 0 Å². The standard InChI is InChI=1S/C18H23NO/c1-3-15-4-8-17(9-5-15)14(2)19-13-12-16-6-10-18(20)11-7-16/h4-11,14,19-20H,3,12-13H2,1-2H3. The van der Waals surface area contributed by atoms with Crippen LogP contribution < -0.4 is 5.32 Å². The lowest BCUT2D eigenvalue weighted by atomic mass is 10.0. The van der Waals surface area contributed by atoms with E-state index >= 15 is 0 Å². The second kappa shape index (κ2) is 7.11. The number of rotatable bonds is 6. The van der Waals surface area contributed by atoms with Crippen molar-refractivity contribution < 1.29 is 5.11 Å². The summed E-state index contributed by atoms with van der Waals surface area (Å²) in [6, 6.07) is 16.6. The molecule has 0 heterocycles. The molecule has 0 spiro atoms. The zero-order valence-electron chi connectivity index (χ0n) is 12.3. The molecular weight excluding hydrogens is 246 g/mol. The van der Waals surface area contributed by atoms with Crippen LogP contribution in [0.4, 0.5) is 0 Å². The number of hydrogen-bond donors (Lipinski definition) is 2. The quantitative estimate of drug-likeness (QED) is 0.835. The fourth-order valence-corrected chi connectivity index (χ4v) is 2.26. The van der Waals surface area contributed by atoms with Crippen LogP contribution in [0.15, 0.2) is 48.5 Å². The average Bonchev–Trinajstić information content (AvgIpc) is 2.49. The van der Waals surface area contributed by atoms with Crippen molar-refractivity contribution in [1.82, 2.24) is 5.32 Å². The number of benzene rings is 2. The van der Waals surface area contributed by atoms with Crippen molar-refractivity contribution in [3.05, 3.63) is 65.2 Å². The van der Waals surface area contributed by atoms with Gasteiger partial charge in [-0.3, -0.25) is 0 Å². The number of phenolic OH excluding ortho intramolecular Hbond substituents is 1. The Bertz CT molecular complexity index is 516. The van der Waals surface area contributed by atoms with E-state index in [1.54, 1.807) is 12.1 Å². The van der Waals surface area contributed by atoms with Crippen LogP contribution in [0.1, 0.15) is 36.6 Å². The summed E-state index contributed by atoms with van der Waals surface area (Å²) in [7, 11) is 0. The molecule has 0 aliphatic rings. The van der Waals surface area contributed by atoms with Crippen LogP contribution in [0.2, 0.25) is 0 Å². The van der Waals surface area contributed by atoms with Crippen LogP contribution in [0.5, 0.6) is 5.75 Å². The monoisotopic (exact) mass is 269 g/mol. The number of nitrogens with one attached hydrogen (secondary N) is 1. The Kier molecular flexibility index (Phi) is 5.19. The van der Waals surface area contributed by atoms with Gasteiger partial charge in [-0.05, 0) is 55.1 Å². The van der Waals surface area contributed by atoms with Crippen molar-refractivity contribution in [2.75, 3.05) is 6.54 Å². The first-order valence-corrected chi connectivity index (χ1v) is 7.29. The summed E-state index contributed by atoms with van der Waals surface area (Å²) in [6.07, 6.45) is 2.06. The van der Waals surface area contributed by atoms with Gasteiger partial charge in [0.25, 0.3) is 0 Å². The van der Waals surface area contributed by atoms with E-state index in [-0.39, 0.29) is 0 Å². The fourth-order valence-electron chi connectivity index (χ4n) is 2.26. The molecule has 1 unspecified atom stereocenters. The van der Waals surface area contributed by atoms with Crippen molar-refractivity contribution in [1.29, 1.82) is 0 Å². The van der Waals surface area contributed by atoms with Gasteiger partial charge in [0.05, 0.1) is 0 Å². The Labute approximate surface area is 121 Å². The van der Waals surface area contributed by atoms with E-state index in [4.69, 9.17) is 0 Å². The molecule has 0 bridgehead atoms. The van der Waals surface area contributed by atoms with Crippen LogP contribution in [-0.2, 0) is 12.8 Å². The number of phenols is 1. The molecule has 0 aliphatic heterocycles. The molecule has 0 aromatic heterocycles. The molecule has 0 radical (unpaired) electrons. The van der Waals surface area contributed by atoms with Crippen LogP contribution >= 0.6 is 0 Å². The summed E-state index contributed by atoms with van der Waals surface area (Å²) in [4.78, 5) is 0. The molecule has 2 rings (SSSR count). The van der Waals surface area contributed by atoms with Gasteiger partial charge < -0.3 is 10.4 Å². The highest BCUT2D eigenvalue weighted by molar-refractivity contribution is 5.26. The summed E-state index contributed by atoms with van der Waals surface area (Å²) in [5.41, 5.74) is 3.95. The zero-order chi connectivity index (χ0) is 14.4. The molecule has 0 aliphatic carbocycles. The summed E-state index contributed by atoms with van der Waals surface area (Å²) >= 11 is 0. The second-order valence-electron chi connectivity index (χ2n) is 5.19. The molecule has 2 aromatic rings. The van der Waals surface area contributed by atoms with Gasteiger partial charge in [-0.25, -0.2) is 0 Å². The number of aryl methyl sites for hydroxylation is 1. The van der Waals surface area contributed by atoms with Gasteiger partial charge in [0.2, 0.25) is 0 Å². The molecular formula is C18H23NO. The Hall–Kier alpha value is -1.80. The van der Waals surface area contributed by atoms with Crippen LogP contribution in [-0.4, -0.2) is 11.7 Å². The van der Waals surface area contributed by atoms with Crippen molar-refractivity contribution in [3.63, 3.8) is 0 Å². The zero-order valence-corrected chi connectivity index (χ0v) is 12.3.